The predicted molar refractivity (Wildman–Crippen MR) is 127 cm³/mol. The summed E-state index contributed by atoms with van der Waals surface area (Å²) in [5.41, 5.74) is 3.39. The number of benzene rings is 2. The lowest BCUT2D eigenvalue weighted by Crippen LogP contribution is -2.32. The van der Waals surface area contributed by atoms with Crippen molar-refractivity contribution in [2.75, 3.05) is 18.4 Å². The molecule has 4 aromatic rings. The molecule has 1 aliphatic rings. The molecule has 3 heterocycles. The molecule has 5 nitrogen and oxygen atoms in total. The van der Waals surface area contributed by atoms with Gasteiger partial charge in [0.25, 0.3) is 0 Å². The fraction of sp³-hybridized carbons (Fsp3) is 0.280. The molecule has 5 rings (SSSR count). The van der Waals surface area contributed by atoms with Gasteiger partial charge in [-0.2, -0.15) is 4.98 Å². The van der Waals surface area contributed by atoms with Crippen molar-refractivity contribution in [3.8, 4) is 11.3 Å². The van der Waals surface area contributed by atoms with Crippen LogP contribution < -0.4 is 10.6 Å². The molecule has 1 saturated heterocycles. The molecule has 0 spiro atoms. The van der Waals surface area contributed by atoms with Crippen LogP contribution in [0.1, 0.15) is 18.4 Å². The van der Waals surface area contributed by atoms with Crippen LogP contribution in [0.2, 0.25) is 5.02 Å². The average Bonchev–Trinajstić information content (AvgIpc) is 3.18. The van der Waals surface area contributed by atoms with E-state index in [0.717, 1.165) is 60.8 Å². The maximum absolute atomic E-state index is 13.5. The topological polar surface area (TPSA) is 54.8 Å². The van der Waals surface area contributed by atoms with Crippen LogP contribution in [0.5, 0.6) is 0 Å². The second kappa shape index (κ2) is 9.45. The highest BCUT2D eigenvalue weighted by atomic mass is 35.5. The number of hydrogen-bond acceptors (Lipinski definition) is 4. The van der Waals surface area contributed by atoms with E-state index in [4.69, 9.17) is 16.6 Å². The van der Waals surface area contributed by atoms with E-state index in [9.17, 15) is 8.78 Å². The van der Waals surface area contributed by atoms with Gasteiger partial charge in [-0.3, -0.25) is 0 Å². The van der Waals surface area contributed by atoms with Gasteiger partial charge < -0.3 is 15.2 Å². The lowest BCUT2D eigenvalue weighted by Gasteiger charge is -2.24. The zero-order valence-corrected chi connectivity index (χ0v) is 18.7. The molecule has 0 bridgehead atoms. The first kappa shape index (κ1) is 21.8. The maximum Gasteiger partial charge on any atom is 0.224 e. The van der Waals surface area contributed by atoms with Gasteiger partial charge in [-0.1, -0.05) is 35.9 Å². The lowest BCUT2D eigenvalue weighted by atomic mass is 9.99. The molecule has 33 heavy (non-hydrogen) atoms. The van der Waals surface area contributed by atoms with E-state index in [2.05, 4.69) is 26.3 Å². The van der Waals surface area contributed by atoms with Gasteiger partial charge in [-0.15, -0.1) is 0 Å². The zero-order chi connectivity index (χ0) is 22.8. The van der Waals surface area contributed by atoms with Gasteiger partial charge in [0.05, 0.1) is 5.69 Å². The molecule has 0 radical (unpaired) electrons. The minimum atomic E-state index is -0.870. The van der Waals surface area contributed by atoms with Crippen LogP contribution >= 0.6 is 11.6 Å². The van der Waals surface area contributed by atoms with Crippen LogP contribution in [-0.4, -0.2) is 27.6 Å². The summed E-state index contributed by atoms with van der Waals surface area (Å²) in [5.74, 6) is -0.813. The maximum atomic E-state index is 13.5. The van der Waals surface area contributed by atoms with Crippen molar-refractivity contribution >= 4 is 28.6 Å². The number of hydrogen-bond donors (Lipinski definition) is 2. The summed E-state index contributed by atoms with van der Waals surface area (Å²) < 4.78 is 29.0. The summed E-state index contributed by atoms with van der Waals surface area (Å²) in [6, 6.07) is 13.7. The van der Waals surface area contributed by atoms with E-state index in [1.165, 1.54) is 12.1 Å². The highest BCUT2D eigenvalue weighted by molar-refractivity contribution is 6.33. The first-order valence-corrected chi connectivity index (χ1v) is 11.5. The van der Waals surface area contributed by atoms with Crippen LogP contribution in [0.3, 0.4) is 0 Å². The van der Waals surface area contributed by atoms with Crippen LogP contribution in [0.15, 0.2) is 54.7 Å². The molecule has 0 unspecified atom stereocenters. The van der Waals surface area contributed by atoms with E-state index < -0.39 is 11.6 Å². The number of piperidine rings is 1. The highest BCUT2D eigenvalue weighted by Gasteiger charge is 2.20. The van der Waals surface area contributed by atoms with Gasteiger partial charge in [-0.05, 0) is 61.7 Å². The van der Waals surface area contributed by atoms with Crippen LogP contribution in [-0.2, 0) is 13.1 Å². The van der Waals surface area contributed by atoms with Crippen molar-refractivity contribution in [3.63, 3.8) is 0 Å². The Morgan fingerprint density at radius 2 is 2.00 bits per heavy atom. The summed E-state index contributed by atoms with van der Waals surface area (Å²) in [5, 5.41) is 8.22. The van der Waals surface area contributed by atoms with Crippen LogP contribution in [0, 0.1) is 17.6 Å². The summed E-state index contributed by atoms with van der Waals surface area (Å²) >= 11 is 6.54. The largest absolute Gasteiger partial charge is 0.350 e. The second-order valence-electron chi connectivity index (χ2n) is 8.41. The Morgan fingerprint density at radius 3 is 2.79 bits per heavy atom. The Hall–Kier alpha value is -3.03. The molecule has 8 heteroatoms. The van der Waals surface area contributed by atoms with Crippen LogP contribution in [0.4, 0.5) is 14.7 Å². The molecule has 2 N–H and O–H groups in total. The number of nitrogens with zero attached hydrogens (tertiary/aromatic N) is 3. The summed E-state index contributed by atoms with van der Waals surface area (Å²) in [6.07, 6.45) is 4.09. The van der Waals surface area contributed by atoms with E-state index >= 15 is 0 Å². The Labute approximate surface area is 195 Å². The Morgan fingerprint density at radius 1 is 1.12 bits per heavy atom. The molecule has 2 aromatic heterocycles. The van der Waals surface area contributed by atoms with Crippen LogP contribution in [0.25, 0.3) is 22.3 Å². The number of halogens is 3. The normalized spacial score (nSPS) is 16.3. The van der Waals surface area contributed by atoms with Crippen molar-refractivity contribution in [2.45, 2.75) is 25.9 Å². The van der Waals surface area contributed by atoms with Gasteiger partial charge in [0.15, 0.2) is 11.6 Å². The molecule has 1 aliphatic heterocycles. The number of rotatable bonds is 6. The third kappa shape index (κ3) is 4.70. The Bertz CT molecular complexity index is 1280. The van der Waals surface area contributed by atoms with E-state index in [1.54, 1.807) is 6.20 Å². The fourth-order valence-corrected chi connectivity index (χ4v) is 4.60. The first-order valence-electron chi connectivity index (χ1n) is 11.1. The van der Waals surface area contributed by atoms with Crippen molar-refractivity contribution in [3.05, 3.63) is 76.9 Å². The molecule has 170 valence electrons. The third-order valence-corrected chi connectivity index (χ3v) is 6.39. The Balaban J connectivity index is 1.50. The predicted octanol–water partition coefficient (Wildman–Crippen LogP) is 5.64. The number of fused-ring (bicyclic) bond motifs is 1. The minimum Gasteiger partial charge on any atom is -0.350 e. The molecule has 0 saturated carbocycles. The lowest BCUT2D eigenvalue weighted by molar-refractivity contribution is 0.341. The molecular formula is C25H24ClF2N5. The monoisotopic (exact) mass is 467 g/mol. The first-order chi connectivity index (χ1) is 16.1. The molecular weight excluding hydrogens is 444 g/mol. The van der Waals surface area contributed by atoms with E-state index in [1.807, 2.05) is 24.3 Å². The van der Waals surface area contributed by atoms with Gasteiger partial charge in [-0.25, -0.2) is 13.8 Å². The van der Waals surface area contributed by atoms with E-state index in [-0.39, 0.29) is 6.54 Å². The van der Waals surface area contributed by atoms with Gasteiger partial charge in [0.1, 0.15) is 5.65 Å². The SMILES string of the molecule is Fc1ccc(CNc2ncc3cc(-c4ccccc4Cl)n(C[C@H]4CCCNC4)c3n2)cc1F. The molecule has 2 aromatic carbocycles. The third-order valence-electron chi connectivity index (χ3n) is 6.06. The number of aromatic nitrogens is 3. The smallest absolute Gasteiger partial charge is 0.224 e. The van der Waals surface area contributed by atoms with Gasteiger partial charge >= 0.3 is 0 Å². The summed E-state index contributed by atoms with van der Waals surface area (Å²) in [6.45, 7) is 3.12. The molecule has 0 aliphatic carbocycles. The van der Waals surface area contributed by atoms with Crippen molar-refractivity contribution < 1.29 is 8.78 Å². The van der Waals surface area contributed by atoms with Gasteiger partial charge in [0.2, 0.25) is 5.95 Å². The number of anilines is 1. The van der Waals surface area contributed by atoms with Crippen molar-refractivity contribution in [1.82, 2.24) is 19.9 Å². The molecule has 0 amide bonds. The average molecular weight is 468 g/mol. The van der Waals surface area contributed by atoms with Gasteiger partial charge in [0, 0.05) is 35.3 Å². The van der Waals surface area contributed by atoms with Crippen molar-refractivity contribution in [2.24, 2.45) is 5.92 Å². The number of nitrogens with one attached hydrogen (secondary N) is 2. The van der Waals surface area contributed by atoms with Crippen molar-refractivity contribution in [1.29, 1.82) is 0 Å². The Kier molecular flexibility index (Phi) is 6.24. The zero-order valence-electron chi connectivity index (χ0n) is 18.0. The summed E-state index contributed by atoms with van der Waals surface area (Å²) in [4.78, 5) is 9.21. The fourth-order valence-electron chi connectivity index (χ4n) is 4.37. The van der Waals surface area contributed by atoms with E-state index in [0.29, 0.717) is 22.5 Å². The standard InChI is InChI=1S/C25H24ClF2N5/c26-20-6-2-1-5-19(20)23-11-18-14-31-25(30-13-16-7-8-21(27)22(28)10-16)32-24(18)33(23)15-17-4-3-9-29-12-17/h1-2,5-8,10-11,14,17,29H,3-4,9,12-13,15H2,(H,30,31,32)/t17-/m0/s1. The molecule has 1 atom stereocenters. The molecule has 1 fully saturated rings. The minimum absolute atomic E-state index is 0.285. The summed E-state index contributed by atoms with van der Waals surface area (Å²) in [7, 11) is 0. The quantitative estimate of drug-likeness (QED) is 0.385. The second-order valence-corrected chi connectivity index (χ2v) is 8.81. The highest BCUT2D eigenvalue weighted by Crippen LogP contribution is 2.33.